The summed E-state index contributed by atoms with van der Waals surface area (Å²) in [7, 11) is 0. The Labute approximate surface area is 125 Å². The summed E-state index contributed by atoms with van der Waals surface area (Å²) in [4.78, 5) is 29.2. The molecule has 0 saturated carbocycles. The van der Waals surface area contributed by atoms with Crippen molar-refractivity contribution in [2.45, 2.75) is 6.10 Å². The van der Waals surface area contributed by atoms with E-state index < -0.39 is 12.1 Å². The van der Waals surface area contributed by atoms with E-state index in [2.05, 4.69) is 10.1 Å². The number of carboxylic acids is 1. The predicted molar refractivity (Wildman–Crippen MR) is 74.6 cm³/mol. The van der Waals surface area contributed by atoms with Crippen LogP contribution in [0.2, 0.25) is 0 Å². The molecule has 1 atom stereocenters. The maximum absolute atomic E-state index is 12.5. The molecule has 1 aliphatic rings. The summed E-state index contributed by atoms with van der Waals surface area (Å²) in [6.07, 6.45) is 2.36. The second-order valence-electron chi connectivity index (χ2n) is 4.78. The van der Waals surface area contributed by atoms with Gasteiger partial charge in [0.25, 0.3) is 5.91 Å². The Kier molecular flexibility index (Phi) is 3.84. The number of hydrogen-bond acceptors (Lipinski definition) is 5. The third kappa shape index (κ3) is 2.82. The van der Waals surface area contributed by atoms with Crippen LogP contribution in [-0.4, -0.2) is 62.4 Å². The van der Waals surface area contributed by atoms with Crippen molar-refractivity contribution in [3.8, 4) is 5.82 Å². The fraction of sp³-hybridized carbons (Fsp3) is 0.286. The molecule has 1 saturated heterocycles. The van der Waals surface area contributed by atoms with E-state index in [1.54, 1.807) is 41.3 Å². The Bertz CT molecular complexity index is 686. The van der Waals surface area contributed by atoms with Crippen LogP contribution in [0.15, 0.2) is 36.7 Å². The minimum Gasteiger partial charge on any atom is -0.479 e. The van der Waals surface area contributed by atoms with E-state index in [0.29, 0.717) is 12.4 Å². The number of nitrogens with zero attached hydrogens (tertiary/aromatic N) is 4. The zero-order valence-electron chi connectivity index (χ0n) is 11.6. The number of carboxylic acid groups (broad SMARTS) is 1. The van der Waals surface area contributed by atoms with Crippen LogP contribution in [0, 0.1) is 0 Å². The first-order valence-electron chi connectivity index (χ1n) is 6.76. The number of ether oxygens (including phenoxy) is 1. The van der Waals surface area contributed by atoms with Crippen LogP contribution in [-0.2, 0) is 9.53 Å². The highest BCUT2D eigenvalue weighted by molar-refractivity contribution is 5.93. The third-order valence-corrected chi connectivity index (χ3v) is 3.32. The fourth-order valence-electron chi connectivity index (χ4n) is 2.22. The number of rotatable bonds is 3. The van der Waals surface area contributed by atoms with Crippen molar-refractivity contribution in [1.29, 1.82) is 0 Å². The van der Waals surface area contributed by atoms with Crippen molar-refractivity contribution in [2.24, 2.45) is 0 Å². The summed E-state index contributed by atoms with van der Waals surface area (Å²) >= 11 is 0. The Hall–Kier alpha value is -2.74. The van der Waals surface area contributed by atoms with Crippen molar-refractivity contribution in [3.63, 3.8) is 0 Å². The van der Waals surface area contributed by atoms with Gasteiger partial charge in [0, 0.05) is 18.9 Å². The van der Waals surface area contributed by atoms with Crippen LogP contribution >= 0.6 is 0 Å². The minimum absolute atomic E-state index is 0.0157. The molecule has 1 amide bonds. The van der Waals surface area contributed by atoms with Crippen molar-refractivity contribution in [3.05, 3.63) is 42.4 Å². The van der Waals surface area contributed by atoms with Gasteiger partial charge < -0.3 is 14.7 Å². The third-order valence-electron chi connectivity index (χ3n) is 3.32. The number of pyridine rings is 1. The van der Waals surface area contributed by atoms with Gasteiger partial charge in [0.1, 0.15) is 5.69 Å². The summed E-state index contributed by atoms with van der Waals surface area (Å²) in [5, 5.41) is 13.1. The van der Waals surface area contributed by atoms with Gasteiger partial charge in [0.15, 0.2) is 11.9 Å². The largest absolute Gasteiger partial charge is 0.479 e. The molecule has 2 aromatic heterocycles. The number of aromatic nitrogens is 3. The SMILES string of the molecule is O=C(O)[C@@H]1CN(C(=O)c2cccc(-n3cccn3)n2)CCO1. The van der Waals surface area contributed by atoms with Gasteiger partial charge in [-0.1, -0.05) is 6.07 Å². The van der Waals surface area contributed by atoms with Gasteiger partial charge in [-0.05, 0) is 18.2 Å². The molecule has 8 heteroatoms. The number of amides is 1. The first-order chi connectivity index (χ1) is 10.6. The van der Waals surface area contributed by atoms with Crippen LogP contribution in [0.3, 0.4) is 0 Å². The van der Waals surface area contributed by atoms with Crippen molar-refractivity contribution >= 4 is 11.9 Å². The summed E-state index contributed by atoms with van der Waals surface area (Å²) in [5.74, 6) is -0.863. The van der Waals surface area contributed by atoms with E-state index in [0.717, 1.165) is 0 Å². The van der Waals surface area contributed by atoms with Crippen molar-refractivity contribution in [2.75, 3.05) is 19.7 Å². The molecule has 3 rings (SSSR count). The molecule has 0 radical (unpaired) electrons. The fourth-order valence-corrected chi connectivity index (χ4v) is 2.22. The Morgan fingerprint density at radius 1 is 1.32 bits per heavy atom. The lowest BCUT2D eigenvalue weighted by molar-refractivity contribution is -0.154. The molecule has 0 aliphatic carbocycles. The monoisotopic (exact) mass is 302 g/mol. The van der Waals surface area contributed by atoms with E-state index in [4.69, 9.17) is 9.84 Å². The van der Waals surface area contributed by atoms with Gasteiger partial charge >= 0.3 is 5.97 Å². The minimum atomic E-state index is -1.07. The highest BCUT2D eigenvalue weighted by Gasteiger charge is 2.30. The highest BCUT2D eigenvalue weighted by Crippen LogP contribution is 2.11. The Morgan fingerprint density at radius 3 is 2.91 bits per heavy atom. The molecular formula is C14H14N4O4. The molecule has 0 bridgehead atoms. The number of carbonyl (C=O) groups is 2. The molecule has 8 nitrogen and oxygen atoms in total. The second kappa shape index (κ2) is 5.94. The molecule has 1 fully saturated rings. The van der Waals surface area contributed by atoms with Crippen LogP contribution in [0.25, 0.3) is 5.82 Å². The summed E-state index contributed by atoms with van der Waals surface area (Å²) in [6, 6.07) is 6.81. The molecule has 114 valence electrons. The van der Waals surface area contributed by atoms with Gasteiger partial charge in [-0.2, -0.15) is 5.10 Å². The molecule has 22 heavy (non-hydrogen) atoms. The normalized spacial score (nSPS) is 18.2. The Balaban J connectivity index is 1.80. The maximum atomic E-state index is 12.5. The van der Waals surface area contributed by atoms with Gasteiger partial charge in [0.2, 0.25) is 0 Å². The molecule has 0 spiro atoms. The first-order valence-corrected chi connectivity index (χ1v) is 6.76. The van der Waals surface area contributed by atoms with Gasteiger partial charge in [-0.15, -0.1) is 0 Å². The smallest absolute Gasteiger partial charge is 0.334 e. The zero-order chi connectivity index (χ0) is 15.5. The van der Waals surface area contributed by atoms with E-state index in [1.807, 2.05) is 0 Å². The van der Waals surface area contributed by atoms with Crippen LogP contribution in [0.1, 0.15) is 10.5 Å². The predicted octanol–water partition coefficient (Wildman–Crippen LogP) is 0.193. The number of carbonyl (C=O) groups excluding carboxylic acids is 1. The molecule has 3 heterocycles. The summed E-state index contributed by atoms with van der Waals surface area (Å²) in [5.41, 5.74) is 0.249. The average molecular weight is 302 g/mol. The molecule has 0 unspecified atom stereocenters. The first kappa shape index (κ1) is 14.2. The number of aliphatic carboxylic acids is 1. The van der Waals surface area contributed by atoms with Gasteiger partial charge in [0.05, 0.1) is 13.2 Å². The van der Waals surface area contributed by atoms with Crippen molar-refractivity contribution in [1.82, 2.24) is 19.7 Å². The van der Waals surface area contributed by atoms with Crippen molar-refractivity contribution < 1.29 is 19.4 Å². The zero-order valence-corrected chi connectivity index (χ0v) is 11.6. The van der Waals surface area contributed by atoms with E-state index in [1.165, 1.54) is 4.90 Å². The van der Waals surface area contributed by atoms with E-state index in [-0.39, 0.29) is 24.8 Å². The van der Waals surface area contributed by atoms with Gasteiger partial charge in [-0.3, -0.25) is 4.79 Å². The molecule has 0 aromatic carbocycles. The molecular weight excluding hydrogens is 288 g/mol. The van der Waals surface area contributed by atoms with Crippen LogP contribution < -0.4 is 0 Å². The average Bonchev–Trinajstić information content (AvgIpc) is 3.09. The topological polar surface area (TPSA) is 97.6 Å². The van der Waals surface area contributed by atoms with E-state index in [9.17, 15) is 9.59 Å². The Morgan fingerprint density at radius 2 is 2.18 bits per heavy atom. The van der Waals surface area contributed by atoms with Crippen LogP contribution in [0.5, 0.6) is 0 Å². The summed E-state index contributed by atoms with van der Waals surface area (Å²) in [6.45, 7) is 0.555. The highest BCUT2D eigenvalue weighted by atomic mass is 16.5. The summed E-state index contributed by atoms with van der Waals surface area (Å²) < 4.78 is 6.66. The number of morpholine rings is 1. The molecule has 2 aromatic rings. The lowest BCUT2D eigenvalue weighted by atomic mass is 10.2. The lowest BCUT2D eigenvalue weighted by Crippen LogP contribution is -2.48. The quantitative estimate of drug-likeness (QED) is 0.869. The second-order valence-corrected chi connectivity index (χ2v) is 4.78. The van der Waals surface area contributed by atoms with E-state index >= 15 is 0 Å². The standard InChI is InChI=1S/C14H14N4O4/c19-13(17-7-8-22-11(9-17)14(20)21)10-3-1-4-12(16-10)18-6-2-5-15-18/h1-6,11H,7-9H2,(H,20,21)/t11-/m0/s1. The number of hydrogen-bond donors (Lipinski definition) is 1. The van der Waals surface area contributed by atoms with Crippen LogP contribution in [0.4, 0.5) is 0 Å². The molecule has 1 N–H and O–H groups in total. The lowest BCUT2D eigenvalue weighted by Gasteiger charge is -2.30. The molecule has 1 aliphatic heterocycles. The van der Waals surface area contributed by atoms with Gasteiger partial charge in [-0.25, -0.2) is 14.5 Å². The maximum Gasteiger partial charge on any atom is 0.334 e.